The van der Waals surface area contributed by atoms with Crippen molar-refractivity contribution >= 4 is 17.5 Å². The van der Waals surface area contributed by atoms with Gasteiger partial charge in [0, 0.05) is 35.3 Å². The van der Waals surface area contributed by atoms with Crippen LogP contribution in [0.1, 0.15) is 73.4 Å². The Labute approximate surface area is 217 Å². The molecule has 3 aromatic rings. The Balaban J connectivity index is 1.14. The van der Waals surface area contributed by atoms with Gasteiger partial charge in [-0.1, -0.05) is 60.8 Å². The van der Waals surface area contributed by atoms with Crippen LogP contribution in [0, 0.1) is 17.3 Å². The van der Waals surface area contributed by atoms with E-state index in [1.807, 2.05) is 36.8 Å². The highest BCUT2D eigenvalue weighted by atomic mass is 35.5. The Morgan fingerprint density at radius 2 is 2.00 bits per heavy atom. The Hall–Kier alpha value is -2.63. The zero-order valence-electron chi connectivity index (χ0n) is 20.6. The van der Waals surface area contributed by atoms with Gasteiger partial charge in [0.2, 0.25) is 5.91 Å². The van der Waals surface area contributed by atoms with Crippen LogP contribution >= 0.6 is 11.6 Å². The van der Waals surface area contributed by atoms with Gasteiger partial charge in [0.1, 0.15) is 0 Å². The molecule has 36 heavy (non-hydrogen) atoms. The standard InChI is InChI=1S/C30H34ClN3O2/c31-23-9-7-20(8-10-23)17-33-29(36)30-12-3-5-22(16-30)26(11-13-30)28(35)15-27-25-6-2-1-4-21(25)14-24-18-32-19-34(24)27/h1-2,4,6-10,18-19,22,26-28,35H,3,5,11-17H2,(H,33,36). The summed E-state index contributed by atoms with van der Waals surface area (Å²) in [4.78, 5) is 17.8. The van der Waals surface area contributed by atoms with Crippen molar-refractivity contribution in [1.82, 2.24) is 14.9 Å². The number of aromatic nitrogens is 2. The zero-order chi connectivity index (χ0) is 24.7. The normalized spacial score (nSPS) is 27.6. The van der Waals surface area contributed by atoms with Crippen molar-refractivity contribution in [2.45, 2.75) is 70.1 Å². The average Bonchev–Trinajstić information content (AvgIpc) is 3.36. The topological polar surface area (TPSA) is 67.2 Å². The molecule has 2 fully saturated rings. The number of hydrogen-bond acceptors (Lipinski definition) is 3. The maximum absolute atomic E-state index is 13.4. The molecule has 0 saturated heterocycles. The SMILES string of the molecule is O=C(NCc1ccc(Cl)cc1)C12CCCC(C1)C(C(O)CC1c3ccccc3Cc3cncn31)CC2. The fourth-order valence-electron chi connectivity index (χ4n) is 7.24. The number of halogens is 1. The number of carbonyl (C=O) groups excluding carboxylic acids is 1. The predicted molar refractivity (Wildman–Crippen MR) is 141 cm³/mol. The minimum Gasteiger partial charge on any atom is -0.393 e. The van der Waals surface area contributed by atoms with Crippen molar-refractivity contribution in [2.24, 2.45) is 17.3 Å². The highest BCUT2D eigenvalue weighted by Crippen LogP contribution is 2.53. The van der Waals surface area contributed by atoms with Crippen LogP contribution in [0.5, 0.6) is 0 Å². The fourth-order valence-corrected chi connectivity index (χ4v) is 7.36. The van der Waals surface area contributed by atoms with Gasteiger partial charge in [0.25, 0.3) is 0 Å². The molecule has 188 valence electrons. The van der Waals surface area contributed by atoms with E-state index in [-0.39, 0.29) is 23.3 Å². The second-order valence-electron chi connectivity index (χ2n) is 11.1. The summed E-state index contributed by atoms with van der Waals surface area (Å²) < 4.78 is 2.25. The van der Waals surface area contributed by atoms with E-state index >= 15 is 0 Å². The highest BCUT2D eigenvalue weighted by molar-refractivity contribution is 6.30. The number of rotatable bonds is 6. The lowest BCUT2D eigenvalue weighted by Gasteiger charge is -2.49. The molecule has 5 nitrogen and oxygen atoms in total. The van der Waals surface area contributed by atoms with Gasteiger partial charge in [-0.05, 0) is 72.8 Å². The third-order valence-corrected chi connectivity index (χ3v) is 9.37. The molecule has 2 bridgehead atoms. The molecule has 2 N–H and O–H groups in total. The summed E-state index contributed by atoms with van der Waals surface area (Å²) in [6.07, 6.45) is 10.8. The molecule has 2 aromatic carbocycles. The minimum atomic E-state index is -0.394. The van der Waals surface area contributed by atoms with E-state index in [1.165, 1.54) is 16.8 Å². The van der Waals surface area contributed by atoms with Gasteiger partial charge in [0.05, 0.1) is 18.5 Å². The lowest BCUT2D eigenvalue weighted by molar-refractivity contribution is -0.140. The van der Waals surface area contributed by atoms with Gasteiger partial charge in [-0.3, -0.25) is 4.79 Å². The molecule has 2 aliphatic carbocycles. The first kappa shape index (κ1) is 23.7. The number of aliphatic hydroxyl groups excluding tert-OH is 1. The Bertz CT molecular complexity index is 1240. The molecule has 2 heterocycles. The number of fused-ring (bicyclic) bond motifs is 4. The quantitative estimate of drug-likeness (QED) is 0.454. The van der Waals surface area contributed by atoms with E-state index in [2.05, 4.69) is 39.1 Å². The molecule has 1 aromatic heterocycles. The average molecular weight is 504 g/mol. The zero-order valence-corrected chi connectivity index (χ0v) is 21.3. The summed E-state index contributed by atoms with van der Waals surface area (Å²) in [6.45, 7) is 0.531. The summed E-state index contributed by atoms with van der Waals surface area (Å²) in [7, 11) is 0. The van der Waals surface area contributed by atoms with Crippen LogP contribution in [0.15, 0.2) is 61.1 Å². The van der Waals surface area contributed by atoms with E-state index in [0.717, 1.165) is 50.5 Å². The number of benzene rings is 2. The Morgan fingerprint density at radius 1 is 1.17 bits per heavy atom. The molecule has 0 spiro atoms. The first-order valence-electron chi connectivity index (χ1n) is 13.3. The van der Waals surface area contributed by atoms with Crippen LogP contribution in [-0.2, 0) is 17.8 Å². The van der Waals surface area contributed by atoms with Crippen molar-refractivity contribution < 1.29 is 9.90 Å². The van der Waals surface area contributed by atoms with Gasteiger partial charge in [-0.15, -0.1) is 0 Å². The number of hydrogen-bond donors (Lipinski definition) is 2. The predicted octanol–water partition coefficient (Wildman–Crippen LogP) is 5.68. The van der Waals surface area contributed by atoms with E-state index < -0.39 is 6.10 Å². The number of nitrogens with zero attached hydrogens (tertiary/aromatic N) is 2. The largest absolute Gasteiger partial charge is 0.393 e. The van der Waals surface area contributed by atoms with Crippen LogP contribution in [0.2, 0.25) is 5.02 Å². The van der Waals surface area contributed by atoms with Crippen molar-refractivity contribution in [3.63, 3.8) is 0 Å². The molecule has 6 heteroatoms. The highest BCUT2D eigenvalue weighted by Gasteiger charge is 2.49. The molecule has 3 aliphatic rings. The van der Waals surface area contributed by atoms with Crippen LogP contribution in [0.4, 0.5) is 0 Å². The van der Waals surface area contributed by atoms with Crippen LogP contribution in [0.3, 0.4) is 0 Å². The number of aliphatic hydroxyl groups is 1. The van der Waals surface area contributed by atoms with E-state index in [0.29, 0.717) is 23.9 Å². The lowest BCUT2D eigenvalue weighted by atomic mass is 9.57. The first-order chi connectivity index (χ1) is 17.5. The first-order valence-corrected chi connectivity index (χ1v) is 13.7. The van der Waals surface area contributed by atoms with Crippen LogP contribution in [0.25, 0.3) is 0 Å². The smallest absolute Gasteiger partial charge is 0.226 e. The van der Waals surface area contributed by atoms with Crippen molar-refractivity contribution in [3.05, 3.63) is 88.5 Å². The monoisotopic (exact) mass is 503 g/mol. The summed E-state index contributed by atoms with van der Waals surface area (Å²) in [5.74, 6) is 0.813. The maximum Gasteiger partial charge on any atom is 0.226 e. The molecular formula is C30H34ClN3O2. The van der Waals surface area contributed by atoms with Crippen molar-refractivity contribution in [3.8, 4) is 0 Å². The summed E-state index contributed by atoms with van der Waals surface area (Å²) >= 11 is 6.00. The number of carbonyl (C=O) groups is 1. The number of amides is 1. The third kappa shape index (κ3) is 4.37. The minimum absolute atomic E-state index is 0.111. The van der Waals surface area contributed by atoms with E-state index in [9.17, 15) is 9.90 Å². The van der Waals surface area contributed by atoms with E-state index in [1.54, 1.807) is 0 Å². The molecule has 0 radical (unpaired) electrons. The van der Waals surface area contributed by atoms with Gasteiger partial charge >= 0.3 is 0 Å². The van der Waals surface area contributed by atoms with Crippen molar-refractivity contribution in [2.75, 3.05) is 0 Å². The van der Waals surface area contributed by atoms with Crippen LogP contribution < -0.4 is 5.32 Å². The molecule has 2 saturated carbocycles. The number of imidazole rings is 1. The molecule has 5 unspecified atom stereocenters. The molecule has 5 atom stereocenters. The molecule has 6 rings (SSSR count). The van der Waals surface area contributed by atoms with Gasteiger partial charge < -0.3 is 15.0 Å². The lowest BCUT2D eigenvalue weighted by Crippen LogP contribution is -2.50. The summed E-state index contributed by atoms with van der Waals surface area (Å²) in [5.41, 5.74) is 4.62. The maximum atomic E-state index is 13.4. The molecular weight excluding hydrogens is 470 g/mol. The second kappa shape index (κ2) is 9.68. The van der Waals surface area contributed by atoms with Gasteiger partial charge in [0.15, 0.2) is 0 Å². The summed E-state index contributed by atoms with van der Waals surface area (Å²) in [6, 6.07) is 16.4. The second-order valence-corrected chi connectivity index (χ2v) is 11.6. The third-order valence-electron chi connectivity index (χ3n) is 9.12. The van der Waals surface area contributed by atoms with Gasteiger partial charge in [-0.2, -0.15) is 0 Å². The fraction of sp³-hybridized carbons (Fsp3) is 0.467. The van der Waals surface area contributed by atoms with Gasteiger partial charge in [-0.25, -0.2) is 4.98 Å². The Morgan fingerprint density at radius 3 is 2.86 bits per heavy atom. The molecule has 1 amide bonds. The van der Waals surface area contributed by atoms with Crippen LogP contribution in [-0.4, -0.2) is 26.7 Å². The number of nitrogens with one attached hydrogen (secondary N) is 1. The van der Waals surface area contributed by atoms with E-state index in [4.69, 9.17) is 11.6 Å². The Kier molecular flexibility index (Phi) is 6.38. The molecule has 1 aliphatic heterocycles. The van der Waals surface area contributed by atoms with Crippen molar-refractivity contribution in [1.29, 1.82) is 0 Å². The summed E-state index contributed by atoms with van der Waals surface area (Å²) in [5, 5.41) is 15.5.